The first kappa shape index (κ1) is 16.5. The molecule has 1 saturated carbocycles. The van der Waals surface area contributed by atoms with E-state index in [1.54, 1.807) is 12.1 Å². The summed E-state index contributed by atoms with van der Waals surface area (Å²) in [7, 11) is 0. The molecule has 5 rings (SSSR count). The quantitative estimate of drug-likeness (QED) is 0.292. The third kappa shape index (κ3) is 4.96. The zero-order chi connectivity index (χ0) is 30.5. The fourth-order valence-corrected chi connectivity index (χ4v) is 5.16. The molecule has 1 heterocycles. The first-order chi connectivity index (χ1) is 19.6. The molecular weight excluding hydrogens is 422 g/mol. The Morgan fingerprint density at radius 2 is 1.49 bits per heavy atom. The van der Waals surface area contributed by atoms with E-state index >= 15 is 0 Å². The van der Waals surface area contributed by atoms with Gasteiger partial charge in [0.15, 0.2) is 0 Å². The third-order valence-corrected chi connectivity index (χ3v) is 7.41. The molecule has 0 atom stereocenters. The van der Waals surface area contributed by atoms with Gasteiger partial charge in [0.05, 0.1) is 5.69 Å². The van der Waals surface area contributed by atoms with Gasteiger partial charge in [-0.05, 0) is 108 Å². The number of hydrogen-bond acceptors (Lipinski definition) is 1. The van der Waals surface area contributed by atoms with Crippen LogP contribution in [-0.4, -0.2) is 4.98 Å². The second kappa shape index (κ2) is 9.46. The summed E-state index contributed by atoms with van der Waals surface area (Å²) in [5.74, 6) is -0.610. The normalized spacial score (nSPS) is 20.4. The maximum atomic E-state index is 9.11. The Hall–Kier alpha value is -3.19. The van der Waals surface area contributed by atoms with Crippen molar-refractivity contribution in [2.45, 2.75) is 66.1 Å². The van der Waals surface area contributed by atoms with Crippen molar-refractivity contribution in [3.8, 4) is 33.5 Å². The van der Waals surface area contributed by atoms with E-state index in [1.165, 1.54) is 6.20 Å². The molecule has 1 aliphatic carbocycles. The van der Waals surface area contributed by atoms with E-state index in [4.69, 9.17) is 9.60 Å². The van der Waals surface area contributed by atoms with E-state index in [2.05, 4.69) is 18.8 Å². The molecule has 1 nitrogen and oxygen atoms in total. The average molecular weight is 467 g/mol. The third-order valence-electron chi connectivity index (χ3n) is 7.41. The molecule has 3 aromatic carbocycles. The van der Waals surface area contributed by atoms with Gasteiger partial charge in [-0.25, -0.2) is 0 Å². The highest BCUT2D eigenvalue weighted by atomic mass is 14.7. The molecule has 0 N–H and O–H groups in total. The van der Waals surface area contributed by atoms with Crippen LogP contribution in [0.5, 0.6) is 0 Å². The minimum absolute atomic E-state index is 0.0179. The summed E-state index contributed by atoms with van der Waals surface area (Å²) in [6, 6.07) is 22.7. The zero-order valence-corrected chi connectivity index (χ0v) is 20.8. The smallest absolute Gasteiger partial charge is 0.0708 e. The fraction of sp³-hybridized carbons (Fsp3) is 0.324. The molecule has 4 aromatic rings. The summed E-state index contributed by atoms with van der Waals surface area (Å²) in [6.07, 6.45) is 5.02. The van der Waals surface area contributed by atoms with Gasteiger partial charge in [0.2, 0.25) is 0 Å². The summed E-state index contributed by atoms with van der Waals surface area (Å²) in [5.41, 5.74) is 5.78. The first-order valence-corrected chi connectivity index (χ1v) is 12.4. The number of rotatable bonds is 4. The highest BCUT2D eigenvalue weighted by Crippen LogP contribution is 2.43. The largest absolute Gasteiger partial charge is 0.256 e. The van der Waals surface area contributed by atoms with E-state index in [9.17, 15) is 0 Å². The predicted molar refractivity (Wildman–Crippen MR) is 150 cm³/mol. The summed E-state index contributed by atoms with van der Waals surface area (Å²) >= 11 is 0. The maximum Gasteiger partial charge on any atom is 0.0708 e. The minimum Gasteiger partial charge on any atom is -0.256 e. The van der Waals surface area contributed by atoms with Crippen LogP contribution >= 0.6 is 0 Å². The van der Waals surface area contributed by atoms with Gasteiger partial charge in [-0.2, -0.15) is 0 Å². The van der Waals surface area contributed by atoms with Crippen LogP contribution in [0.25, 0.3) is 33.5 Å². The Labute approximate surface area is 221 Å². The molecule has 0 bridgehead atoms. The van der Waals surface area contributed by atoms with E-state index in [-0.39, 0.29) is 16.5 Å². The van der Waals surface area contributed by atoms with E-state index < -0.39 is 19.6 Å². The SMILES string of the molecule is [2H]C([2H])([2H])c1cnc(-c2ccccc2)cc1-c1c(C)cc(-c2ccc(C3([2H])CCC(C)(C)CC3)cc2)cc1C([2H])([2H])[2H]. The number of pyridine rings is 1. The Bertz CT molecular complexity index is 1570. The van der Waals surface area contributed by atoms with Crippen LogP contribution in [-0.2, 0) is 0 Å². The van der Waals surface area contributed by atoms with E-state index in [0.29, 0.717) is 22.4 Å². The molecule has 0 saturated heterocycles. The second-order valence-electron chi connectivity index (χ2n) is 10.5. The fourth-order valence-electron chi connectivity index (χ4n) is 5.16. The van der Waals surface area contributed by atoms with Crippen LogP contribution in [0.4, 0.5) is 0 Å². The molecule has 1 aromatic heterocycles. The summed E-state index contributed by atoms with van der Waals surface area (Å²) in [4.78, 5) is 4.43. The van der Waals surface area contributed by atoms with Crippen LogP contribution in [0.15, 0.2) is 79.0 Å². The molecule has 1 aliphatic rings. The summed E-state index contributed by atoms with van der Waals surface area (Å²) in [6.45, 7) is 1.39. The van der Waals surface area contributed by atoms with Crippen LogP contribution in [0, 0.1) is 26.0 Å². The van der Waals surface area contributed by atoms with E-state index in [1.807, 2.05) is 67.6 Å². The van der Waals surface area contributed by atoms with Crippen molar-refractivity contribution in [3.63, 3.8) is 0 Å². The van der Waals surface area contributed by atoms with Gasteiger partial charge in [-0.15, -0.1) is 0 Å². The summed E-state index contributed by atoms with van der Waals surface area (Å²) in [5, 5.41) is 0. The molecule has 178 valence electrons. The summed E-state index contributed by atoms with van der Waals surface area (Å²) < 4.78 is 59.0. The lowest BCUT2D eigenvalue weighted by Gasteiger charge is -2.34. The lowest BCUT2D eigenvalue weighted by atomic mass is 9.71. The second-order valence-corrected chi connectivity index (χ2v) is 10.5. The zero-order valence-electron chi connectivity index (χ0n) is 27.8. The number of nitrogens with zero attached hydrogens (tertiary/aromatic N) is 1. The molecule has 1 heteroatoms. The Morgan fingerprint density at radius 1 is 0.800 bits per heavy atom. The molecule has 0 radical (unpaired) electrons. The molecule has 0 unspecified atom stereocenters. The Morgan fingerprint density at radius 3 is 2.17 bits per heavy atom. The van der Waals surface area contributed by atoms with Gasteiger partial charge < -0.3 is 0 Å². The van der Waals surface area contributed by atoms with Gasteiger partial charge in [0, 0.05) is 21.4 Å². The van der Waals surface area contributed by atoms with Crippen LogP contribution in [0.2, 0.25) is 0 Å². The highest BCUT2D eigenvalue weighted by molar-refractivity contribution is 5.80. The van der Waals surface area contributed by atoms with Crippen molar-refractivity contribution in [3.05, 3.63) is 101 Å². The average Bonchev–Trinajstić information content (AvgIpc) is 2.94. The molecule has 35 heavy (non-hydrogen) atoms. The first-order valence-electron chi connectivity index (χ1n) is 15.9. The van der Waals surface area contributed by atoms with Crippen LogP contribution < -0.4 is 0 Å². The lowest BCUT2D eigenvalue weighted by molar-refractivity contribution is 0.224. The monoisotopic (exact) mass is 466 g/mol. The van der Waals surface area contributed by atoms with Gasteiger partial charge in [-0.3, -0.25) is 4.98 Å². The molecule has 0 aliphatic heterocycles. The predicted octanol–water partition coefficient (Wildman–Crippen LogP) is 9.69. The highest BCUT2D eigenvalue weighted by Gasteiger charge is 2.27. The molecular formula is C34H37N. The van der Waals surface area contributed by atoms with Gasteiger partial charge in [0.1, 0.15) is 0 Å². The number of benzene rings is 3. The number of aromatic nitrogens is 1. The Balaban J connectivity index is 1.61. The van der Waals surface area contributed by atoms with Crippen molar-refractivity contribution in [2.24, 2.45) is 5.41 Å². The van der Waals surface area contributed by atoms with E-state index in [0.717, 1.165) is 47.9 Å². The van der Waals surface area contributed by atoms with Crippen molar-refractivity contribution in [1.29, 1.82) is 0 Å². The van der Waals surface area contributed by atoms with Gasteiger partial charge >= 0.3 is 0 Å². The Kier molecular flexibility index (Phi) is 4.45. The topological polar surface area (TPSA) is 12.9 Å². The van der Waals surface area contributed by atoms with Crippen LogP contribution in [0.3, 0.4) is 0 Å². The number of hydrogen-bond donors (Lipinski definition) is 0. The standard InChI is InChI=1S/C34H37N/c1-23-19-30(27-13-11-26(12-14-27)28-15-17-34(4,5)18-16-28)20-24(2)33(23)31-21-32(35-22-25(31)3)29-9-7-6-8-10-29/h6-14,19-22,28H,15-18H2,1-5H3/i1D3,3D3,28D. The van der Waals surface area contributed by atoms with Crippen molar-refractivity contribution in [1.82, 2.24) is 4.98 Å². The molecule has 0 amide bonds. The van der Waals surface area contributed by atoms with Crippen LogP contribution in [0.1, 0.15) is 77.3 Å². The molecule has 0 spiro atoms. The van der Waals surface area contributed by atoms with Crippen molar-refractivity contribution in [2.75, 3.05) is 0 Å². The number of aryl methyl sites for hydroxylation is 3. The van der Waals surface area contributed by atoms with Crippen molar-refractivity contribution >= 4 is 0 Å². The van der Waals surface area contributed by atoms with Gasteiger partial charge in [0.25, 0.3) is 0 Å². The molecule has 1 fully saturated rings. The minimum atomic E-state index is -2.49. The van der Waals surface area contributed by atoms with Crippen molar-refractivity contribution < 1.29 is 9.60 Å². The van der Waals surface area contributed by atoms with Gasteiger partial charge in [-0.1, -0.05) is 80.6 Å². The maximum absolute atomic E-state index is 9.11. The lowest BCUT2D eigenvalue weighted by Crippen LogP contribution is -2.20.